The number of H-pyrrole nitrogens is 1. The fraction of sp³-hybridized carbons (Fsp3) is 0.316. The number of aryl methyl sites for hydroxylation is 1. The van der Waals surface area contributed by atoms with Crippen LogP contribution in [0, 0.1) is 13.8 Å². The first-order chi connectivity index (χ1) is 12.8. The van der Waals surface area contributed by atoms with Gasteiger partial charge in [-0.25, -0.2) is 9.59 Å². The summed E-state index contributed by atoms with van der Waals surface area (Å²) in [5.41, 5.74) is 1.54. The van der Waals surface area contributed by atoms with Crippen molar-refractivity contribution in [3.8, 4) is 5.75 Å². The number of hydrogen-bond donors (Lipinski definition) is 1. The third-order valence-corrected chi connectivity index (χ3v) is 4.26. The first-order valence-corrected chi connectivity index (χ1v) is 9.06. The zero-order valence-electron chi connectivity index (χ0n) is 15.3. The van der Waals surface area contributed by atoms with E-state index in [4.69, 9.17) is 14.2 Å². The van der Waals surface area contributed by atoms with Crippen molar-refractivity contribution < 1.29 is 28.6 Å². The molecule has 144 valence electrons. The van der Waals surface area contributed by atoms with Crippen LogP contribution in [-0.4, -0.2) is 42.5 Å². The number of carbonyl (C=O) groups excluding carboxylic acids is 3. The van der Waals surface area contributed by atoms with Crippen LogP contribution in [0.4, 0.5) is 0 Å². The summed E-state index contributed by atoms with van der Waals surface area (Å²) in [6.45, 7) is 4.49. The highest BCUT2D eigenvalue weighted by Crippen LogP contribution is 2.20. The van der Waals surface area contributed by atoms with Crippen LogP contribution in [0.2, 0.25) is 0 Å². The van der Waals surface area contributed by atoms with Crippen LogP contribution in [0.25, 0.3) is 0 Å². The van der Waals surface area contributed by atoms with E-state index in [2.05, 4.69) is 20.9 Å². The van der Waals surface area contributed by atoms with E-state index in [9.17, 15) is 14.4 Å². The zero-order valence-corrected chi connectivity index (χ0v) is 16.8. The van der Waals surface area contributed by atoms with Crippen molar-refractivity contribution in [1.82, 2.24) is 4.98 Å². The summed E-state index contributed by atoms with van der Waals surface area (Å²) in [4.78, 5) is 38.9. The van der Waals surface area contributed by atoms with Gasteiger partial charge in [0.25, 0.3) is 0 Å². The first-order valence-electron chi connectivity index (χ1n) is 8.27. The second-order valence-electron chi connectivity index (χ2n) is 5.67. The minimum atomic E-state index is -0.669. The highest BCUT2D eigenvalue weighted by Gasteiger charge is 2.23. The maximum Gasteiger partial charge on any atom is 0.344 e. The van der Waals surface area contributed by atoms with Crippen LogP contribution in [-0.2, 0) is 14.3 Å². The predicted octanol–water partition coefficient (Wildman–Crippen LogP) is 3.38. The number of halogens is 1. The summed E-state index contributed by atoms with van der Waals surface area (Å²) in [5.74, 6) is -1.10. The molecule has 7 nitrogen and oxygen atoms in total. The Labute approximate surface area is 165 Å². The van der Waals surface area contributed by atoms with E-state index in [1.807, 2.05) is 0 Å². The molecule has 2 aromatic rings. The fourth-order valence-corrected chi connectivity index (χ4v) is 2.74. The maximum atomic E-state index is 12.3. The summed E-state index contributed by atoms with van der Waals surface area (Å²) >= 11 is 3.30. The normalized spacial score (nSPS) is 10.4. The van der Waals surface area contributed by atoms with Crippen LogP contribution in [0.15, 0.2) is 28.7 Å². The van der Waals surface area contributed by atoms with Gasteiger partial charge in [-0.2, -0.15) is 0 Å². The molecular weight excluding hydrogens is 418 g/mol. The third-order valence-electron chi connectivity index (χ3n) is 3.73. The number of aromatic amines is 1. The lowest BCUT2D eigenvalue weighted by atomic mass is 10.1. The Bertz CT molecular complexity index is 841. The molecule has 0 atom stereocenters. The van der Waals surface area contributed by atoms with Crippen molar-refractivity contribution in [3.05, 3.63) is 51.3 Å². The number of nitrogens with one attached hydrogen (secondary N) is 1. The number of esters is 2. The lowest BCUT2D eigenvalue weighted by molar-refractivity contribution is -0.144. The SMILES string of the molecule is CCOC(=O)c1c(C)[nH]c(C(=O)COC(=O)COc2ccc(Br)cc2)c1C. The van der Waals surface area contributed by atoms with E-state index in [1.165, 1.54) is 0 Å². The Morgan fingerprint density at radius 2 is 1.70 bits per heavy atom. The molecule has 0 amide bonds. The molecule has 0 fully saturated rings. The Morgan fingerprint density at radius 1 is 1.04 bits per heavy atom. The van der Waals surface area contributed by atoms with Gasteiger partial charge in [-0.15, -0.1) is 0 Å². The Hall–Kier alpha value is -2.61. The van der Waals surface area contributed by atoms with Gasteiger partial charge in [-0.3, -0.25) is 4.79 Å². The lowest BCUT2D eigenvalue weighted by Gasteiger charge is -2.07. The van der Waals surface area contributed by atoms with Crippen molar-refractivity contribution in [1.29, 1.82) is 0 Å². The average Bonchev–Trinajstić information content (AvgIpc) is 2.93. The molecule has 0 aliphatic carbocycles. The standard InChI is InChI=1S/C19H20BrNO6/c1-4-25-19(24)17-11(2)18(21-12(17)3)15(22)9-27-16(23)10-26-14-7-5-13(20)6-8-14/h5-8,21H,4,9-10H2,1-3H3. The Morgan fingerprint density at radius 3 is 2.33 bits per heavy atom. The van der Waals surface area contributed by atoms with Crippen molar-refractivity contribution in [2.24, 2.45) is 0 Å². The second-order valence-corrected chi connectivity index (χ2v) is 6.59. The highest BCUT2D eigenvalue weighted by atomic mass is 79.9. The molecule has 0 radical (unpaired) electrons. The Balaban J connectivity index is 1.91. The number of aromatic nitrogens is 1. The van der Waals surface area contributed by atoms with E-state index in [1.54, 1.807) is 45.0 Å². The van der Waals surface area contributed by atoms with Crippen molar-refractivity contribution in [3.63, 3.8) is 0 Å². The maximum absolute atomic E-state index is 12.3. The van der Waals surface area contributed by atoms with Crippen molar-refractivity contribution in [2.45, 2.75) is 20.8 Å². The monoisotopic (exact) mass is 437 g/mol. The number of ether oxygens (including phenoxy) is 3. The van der Waals surface area contributed by atoms with Gasteiger partial charge in [0.15, 0.2) is 13.2 Å². The van der Waals surface area contributed by atoms with Crippen molar-refractivity contribution >= 4 is 33.7 Å². The van der Waals surface area contributed by atoms with Crippen LogP contribution >= 0.6 is 15.9 Å². The summed E-state index contributed by atoms with van der Waals surface area (Å²) in [5, 5.41) is 0. The Kier molecular flexibility index (Phi) is 7.18. The van der Waals surface area contributed by atoms with Gasteiger partial charge in [0, 0.05) is 10.2 Å². The molecule has 1 aromatic heterocycles. The predicted molar refractivity (Wildman–Crippen MR) is 101 cm³/mol. The molecule has 1 aromatic carbocycles. The summed E-state index contributed by atoms with van der Waals surface area (Å²) in [6.07, 6.45) is 0. The molecule has 27 heavy (non-hydrogen) atoms. The van der Waals surface area contributed by atoms with E-state index in [0.29, 0.717) is 22.6 Å². The van der Waals surface area contributed by atoms with E-state index in [-0.39, 0.29) is 18.9 Å². The molecular formula is C19H20BrNO6. The highest BCUT2D eigenvalue weighted by molar-refractivity contribution is 9.10. The molecule has 2 rings (SSSR count). The summed E-state index contributed by atoms with van der Waals surface area (Å²) in [6, 6.07) is 6.96. The van der Waals surface area contributed by atoms with Gasteiger partial charge in [-0.05, 0) is 50.6 Å². The topological polar surface area (TPSA) is 94.7 Å². The number of rotatable bonds is 8. The number of ketones is 1. The minimum Gasteiger partial charge on any atom is -0.482 e. The van der Waals surface area contributed by atoms with E-state index >= 15 is 0 Å². The summed E-state index contributed by atoms with van der Waals surface area (Å²) < 4.78 is 16.1. The van der Waals surface area contributed by atoms with Gasteiger partial charge in [0.05, 0.1) is 17.9 Å². The molecule has 8 heteroatoms. The smallest absolute Gasteiger partial charge is 0.344 e. The van der Waals surface area contributed by atoms with Gasteiger partial charge < -0.3 is 19.2 Å². The molecule has 0 saturated heterocycles. The fourth-order valence-electron chi connectivity index (χ4n) is 2.47. The van der Waals surface area contributed by atoms with Crippen LogP contribution in [0.5, 0.6) is 5.75 Å². The van der Waals surface area contributed by atoms with Gasteiger partial charge in [0.1, 0.15) is 5.75 Å². The van der Waals surface area contributed by atoms with Gasteiger partial charge in [-0.1, -0.05) is 15.9 Å². The van der Waals surface area contributed by atoms with E-state index in [0.717, 1.165) is 4.47 Å². The third kappa shape index (κ3) is 5.43. The second kappa shape index (κ2) is 9.36. The molecule has 0 spiro atoms. The van der Waals surface area contributed by atoms with Crippen LogP contribution < -0.4 is 4.74 Å². The molecule has 0 bridgehead atoms. The van der Waals surface area contributed by atoms with Gasteiger partial charge >= 0.3 is 11.9 Å². The molecule has 0 unspecified atom stereocenters. The number of carbonyl (C=O) groups is 3. The first kappa shape index (κ1) is 20.7. The number of benzene rings is 1. The molecule has 1 heterocycles. The quantitative estimate of drug-likeness (QED) is 0.502. The van der Waals surface area contributed by atoms with Crippen molar-refractivity contribution in [2.75, 3.05) is 19.8 Å². The summed E-state index contributed by atoms with van der Waals surface area (Å²) in [7, 11) is 0. The molecule has 1 N–H and O–H groups in total. The number of Topliss-reactive ketones (excluding diaryl/α,β-unsaturated/α-hetero) is 1. The number of hydrogen-bond acceptors (Lipinski definition) is 6. The average molecular weight is 438 g/mol. The zero-order chi connectivity index (χ0) is 20.0. The van der Waals surface area contributed by atoms with Gasteiger partial charge in [0.2, 0.25) is 5.78 Å². The molecule has 0 saturated carbocycles. The van der Waals surface area contributed by atoms with E-state index < -0.39 is 24.3 Å². The lowest BCUT2D eigenvalue weighted by Crippen LogP contribution is -2.20. The molecule has 0 aliphatic rings. The minimum absolute atomic E-state index is 0.220. The van der Waals surface area contributed by atoms with Crippen LogP contribution in [0.3, 0.4) is 0 Å². The largest absolute Gasteiger partial charge is 0.482 e. The van der Waals surface area contributed by atoms with Crippen LogP contribution in [0.1, 0.15) is 39.0 Å². The molecule has 0 aliphatic heterocycles.